The Bertz CT molecular complexity index is 320. The molecule has 4 nitrogen and oxygen atoms in total. The lowest BCUT2D eigenvalue weighted by molar-refractivity contribution is -0.893. The maximum absolute atomic E-state index is 9.43. The fourth-order valence-corrected chi connectivity index (χ4v) is 3.63. The first-order valence-electron chi connectivity index (χ1n) is 11.4. The normalized spacial score (nSPS) is 13.4. The molecule has 0 bridgehead atoms. The summed E-state index contributed by atoms with van der Waals surface area (Å²) >= 11 is 0. The molecule has 0 saturated carbocycles. The molecular weight excluding hydrogens is 407 g/mol. The number of aliphatic hydroxyl groups excluding tert-OH is 2. The second-order valence-electron chi connectivity index (χ2n) is 10.2. The molecule has 0 fully saturated rings. The van der Waals surface area contributed by atoms with Gasteiger partial charge in [0, 0.05) is 0 Å². The first-order chi connectivity index (χ1) is 12.4. The van der Waals surface area contributed by atoms with Gasteiger partial charge < -0.3 is 44.0 Å². The predicted molar refractivity (Wildman–Crippen MR) is 120 cm³/mol. The minimum atomic E-state index is -0.185. The summed E-state index contributed by atoms with van der Waals surface area (Å²) in [5, 5.41) is 18.3. The summed E-state index contributed by atoms with van der Waals surface area (Å²) in [5.41, 5.74) is 0. The molecule has 0 radical (unpaired) electrons. The van der Waals surface area contributed by atoms with Crippen molar-refractivity contribution in [1.82, 2.24) is 0 Å². The molecule has 182 valence electrons. The Morgan fingerprint density at radius 2 is 0.931 bits per heavy atom. The molecule has 0 amide bonds. The summed E-state index contributed by atoms with van der Waals surface area (Å²) < 4.78 is 1.78. The highest BCUT2D eigenvalue weighted by molar-refractivity contribution is 4.49. The quantitative estimate of drug-likeness (QED) is 0.229. The van der Waals surface area contributed by atoms with E-state index in [4.69, 9.17) is 5.11 Å². The smallest absolute Gasteiger partial charge is 0.104 e. The minimum absolute atomic E-state index is 0. The van der Waals surface area contributed by atoms with Crippen molar-refractivity contribution in [3.63, 3.8) is 0 Å². The third-order valence-corrected chi connectivity index (χ3v) is 4.69. The van der Waals surface area contributed by atoms with Crippen molar-refractivity contribution in [2.45, 2.75) is 97.2 Å². The van der Waals surface area contributed by atoms with Crippen molar-refractivity contribution >= 4 is 0 Å². The lowest BCUT2D eigenvalue weighted by atomic mass is 10.1. The number of aliphatic hydroxyl groups is 2. The average Bonchev–Trinajstić information content (AvgIpc) is 2.46. The Balaban J connectivity index is -0.000000267. The number of halogens is 2. The van der Waals surface area contributed by atoms with Crippen molar-refractivity contribution in [3.05, 3.63) is 0 Å². The fraction of sp³-hybridized carbons (Fsp3) is 1.00. The van der Waals surface area contributed by atoms with Gasteiger partial charge in [0.05, 0.1) is 41.8 Å². The Labute approximate surface area is 196 Å². The van der Waals surface area contributed by atoms with Gasteiger partial charge in [-0.05, 0) is 26.7 Å². The van der Waals surface area contributed by atoms with Gasteiger partial charge in [0.1, 0.15) is 25.3 Å². The Kier molecular flexibility index (Phi) is 27.4. The van der Waals surface area contributed by atoms with E-state index < -0.39 is 0 Å². The van der Waals surface area contributed by atoms with Crippen molar-refractivity contribution in [2.24, 2.45) is 0 Å². The van der Waals surface area contributed by atoms with Crippen LogP contribution < -0.4 is 24.8 Å². The van der Waals surface area contributed by atoms with Crippen molar-refractivity contribution in [1.29, 1.82) is 0 Å². The summed E-state index contributed by atoms with van der Waals surface area (Å²) in [6.45, 7) is 8.86. The number of hydrogen-bond donors (Lipinski definition) is 2. The van der Waals surface area contributed by atoms with Gasteiger partial charge in [-0.3, -0.25) is 0 Å². The zero-order valence-electron chi connectivity index (χ0n) is 20.9. The third kappa shape index (κ3) is 36.2. The molecule has 2 atom stereocenters. The van der Waals surface area contributed by atoms with E-state index in [1.54, 1.807) is 0 Å². The molecule has 0 aliphatic carbocycles. The van der Waals surface area contributed by atoms with Crippen LogP contribution in [0.5, 0.6) is 0 Å². The molecule has 0 aliphatic rings. The highest BCUT2D eigenvalue weighted by atomic mass is 35.5. The van der Waals surface area contributed by atoms with Gasteiger partial charge in [0.25, 0.3) is 0 Å². The van der Waals surface area contributed by atoms with Crippen LogP contribution in [-0.4, -0.2) is 86.3 Å². The van der Waals surface area contributed by atoms with E-state index in [-0.39, 0.29) is 37.0 Å². The number of likely N-dealkylation sites (N-methyl/N-ethyl adjacent to an activating group) is 2. The van der Waals surface area contributed by atoms with Gasteiger partial charge in [-0.1, -0.05) is 58.3 Å². The molecule has 0 aromatic rings. The molecule has 2 unspecified atom stereocenters. The van der Waals surface area contributed by atoms with Gasteiger partial charge in [0.15, 0.2) is 0 Å². The molecule has 0 rings (SSSR count). The van der Waals surface area contributed by atoms with Crippen LogP contribution in [0.1, 0.15) is 85.0 Å². The Morgan fingerprint density at radius 3 is 1.21 bits per heavy atom. The summed E-state index contributed by atoms with van der Waals surface area (Å²) in [4.78, 5) is 0. The summed E-state index contributed by atoms with van der Waals surface area (Å²) in [6.07, 6.45) is 13.6. The van der Waals surface area contributed by atoms with Crippen LogP contribution in [-0.2, 0) is 0 Å². The lowest BCUT2D eigenvalue weighted by Crippen LogP contribution is -3.00. The van der Waals surface area contributed by atoms with Crippen LogP contribution in [0, 0.1) is 0 Å². The summed E-state index contributed by atoms with van der Waals surface area (Å²) in [7, 11) is 10.6. The van der Waals surface area contributed by atoms with Crippen LogP contribution in [0.4, 0.5) is 0 Å². The largest absolute Gasteiger partial charge is 1.00 e. The molecular formula is C23H54Cl2N2O2. The SMILES string of the molecule is CC(O)C[N+](C)(C)C.CCCCCCCCCCCC[N+](C)(C)CC(C)O.[Cl-].[Cl-]. The molecule has 0 spiro atoms. The first-order valence-corrected chi connectivity index (χ1v) is 11.4. The van der Waals surface area contributed by atoms with E-state index in [1.807, 2.05) is 13.8 Å². The zero-order valence-corrected chi connectivity index (χ0v) is 22.4. The Morgan fingerprint density at radius 1 is 0.586 bits per heavy atom. The molecule has 29 heavy (non-hydrogen) atoms. The molecule has 0 aromatic carbocycles. The average molecular weight is 462 g/mol. The number of rotatable bonds is 15. The minimum Gasteiger partial charge on any atom is -1.00 e. The van der Waals surface area contributed by atoms with E-state index in [0.29, 0.717) is 0 Å². The summed E-state index contributed by atoms with van der Waals surface area (Å²) in [6, 6.07) is 0. The maximum atomic E-state index is 9.43. The highest BCUT2D eigenvalue weighted by Gasteiger charge is 2.16. The lowest BCUT2D eigenvalue weighted by Gasteiger charge is -2.31. The van der Waals surface area contributed by atoms with E-state index in [2.05, 4.69) is 42.2 Å². The summed E-state index contributed by atoms with van der Waals surface area (Å²) in [5.74, 6) is 0. The van der Waals surface area contributed by atoms with Gasteiger partial charge in [0.2, 0.25) is 0 Å². The van der Waals surface area contributed by atoms with Crippen LogP contribution in [0.2, 0.25) is 0 Å². The predicted octanol–water partition coefficient (Wildman–Crippen LogP) is -1.55. The second kappa shape index (κ2) is 21.6. The first kappa shape index (κ1) is 36.8. The van der Waals surface area contributed by atoms with Crippen LogP contribution in [0.15, 0.2) is 0 Å². The topological polar surface area (TPSA) is 40.5 Å². The van der Waals surface area contributed by atoms with Crippen molar-refractivity contribution < 1.29 is 44.0 Å². The maximum Gasteiger partial charge on any atom is 0.104 e. The van der Waals surface area contributed by atoms with E-state index >= 15 is 0 Å². The Hall–Kier alpha value is 0.420. The third-order valence-electron chi connectivity index (χ3n) is 4.69. The number of unbranched alkanes of at least 4 members (excludes halogenated alkanes) is 9. The van der Waals surface area contributed by atoms with Gasteiger partial charge >= 0.3 is 0 Å². The monoisotopic (exact) mass is 460 g/mol. The van der Waals surface area contributed by atoms with Gasteiger partial charge in [-0.25, -0.2) is 0 Å². The van der Waals surface area contributed by atoms with Crippen LogP contribution in [0.3, 0.4) is 0 Å². The fourth-order valence-electron chi connectivity index (χ4n) is 3.63. The molecule has 0 heterocycles. The molecule has 0 saturated heterocycles. The van der Waals surface area contributed by atoms with Crippen LogP contribution >= 0.6 is 0 Å². The van der Waals surface area contributed by atoms with Crippen molar-refractivity contribution in [3.8, 4) is 0 Å². The number of nitrogens with zero attached hydrogens (tertiary/aromatic N) is 2. The zero-order chi connectivity index (χ0) is 21.3. The van der Waals surface area contributed by atoms with Gasteiger partial charge in [-0.15, -0.1) is 0 Å². The number of hydrogen-bond acceptors (Lipinski definition) is 2. The molecule has 0 aliphatic heterocycles. The van der Waals surface area contributed by atoms with E-state index in [1.165, 1.54) is 70.8 Å². The van der Waals surface area contributed by atoms with E-state index in [0.717, 1.165) is 22.1 Å². The number of quaternary nitrogens is 2. The van der Waals surface area contributed by atoms with Crippen LogP contribution in [0.25, 0.3) is 0 Å². The second-order valence-corrected chi connectivity index (χ2v) is 10.2. The highest BCUT2D eigenvalue weighted by Crippen LogP contribution is 2.11. The molecule has 2 N–H and O–H groups in total. The van der Waals surface area contributed by atoms with E-state index in [9.17, 15) is 5.11 Å². The molecule has 0 aromatic heterocycles. The standard InChI is InChI=1S/C17H38NO.C6H16NO.2ClH/c1-5-6-7-8-9-10-11-12-13-14-15-18(3,4)16-17(2)19;1-6(8)5-7(2,3)4;;/h17,19H,5-16H2,1-4H3;6,8H,5H2,1-4H3;2*1H/q2*+1;;/p-2. The van der Waals surface area contributed by atoms with Crippen molar-refractivity contribution in [2.75, 3.05) is 54.9 Å². The van der Waals surface area contributed by atoms with Gasteiger partial charge in [-0.2, -0.15) is 0 Å². The molecule has 6 heteroatoms.